The maximum atomic E-state index is 9.13. The monoisotopic (exact) mass is 283 g/mol. The number of rotatable bonds is 4. The summed E-state index contributed by atoms with van der Waals surface area (Å²) in [6.07, 6.45) is 6.64. The van der Waals surface area contributed by atoms with Crippen molar-refractivity contribution < 1.29 is 9.84 Å². The SMILES string of the molecule is CCC(C#CCO)(c1ccc(OC)cc1)C1(C)C=CC=N1. The van der Waals surface area contributed by atoms with E-state index in [1.807, 2.05) is 36.6 Å². The molecule has 1 heterocycles. The third-order valence-electron chi connectivity index (χ3n) is 4.21. The van der Waals surface area contributed by atoms with Crippen LogP contribution in [0.5, 0.6) is 5.75 Å². The first-order chi connectivity index (χ1) is 10.1. The van der Waals surface area contributed by atoms with Crippen molar-refractivity contribution in [2.45, 2.75) is 31.2 Å². The zero-order chi connectivity index (χ0) is 15.3. The van der Waals surface area contributed by atoms with Gasteiger partial charge in [0.05, 0.1) is 18.1 Å². The minimum atomic E-state index is -0.467. The molecule has 2 unspecified atom stereocenters. The standard InChI is InChI=1S/C18H21NO2/c1-4-18(12-6-14-20,17(2)11-5-13-19-17)15-7-9-16(21-3)10-8-15/h5,7-11,13,20H,4,14H2,1-3H3. The van der Waals surface area contributed by atoms with Crippen LogP contribution in [0.1, 0.15) is 25.8 Å². The Hall–Kier alpha value is -2.05. The minimum absolute atomic E-state index is 0.151. The van der Waals surface area contributed by atoms with Gasteiger partial charge in [0.2, 0.25) is 0 Å². The molecule has 0 aliphatic carbocycles. The van der Waals surface area contributed by atoms with Crippen molar-refractivity contribution in [3.8, 4) is 17.6 Å². The lowest BCUT2D eigenvalue weighted by Gasteiger charge is -2.40. The molecule has 3 heteroatoms. The van der Waals surface area contributed by atoms with E-state index in [4.69, 9.17) is 9.84 Å². The highest BCUT2D eigenvalue weighted by Crippen LogP contribution is 2.43. The first kappa shape index (κ1) is 15.3. The van der Waals surface area contributed by atoms with Gasteiger partial charge in [0.25, 0.3) is 0 Å². The van der Waals surface area contributed by atoms with E-state index in [2.05, 4.69) is 36.8 Å². The van der Waals surface area contributed by atoms with Gasteiger partial charge in [0.15, 0.2) is 0 Å². The maximum absolute atomic E-state index is 9.13. The smallest absolute Gasteiger partial charge is 0.118 e. The molecule has 1 aliphatic heterocycles. The van der Waals surface area contributed by atoms with Gasteiger partial charge in [0, 0.05) is 6.21 Å². The number of hydrogen-bond acceptors (Lipinski definition) is 3. The Kier molecular flexibility index (Phi) is 4.50. The lowest BCUT2D eigenvalue weighted by atomic mass is 9.65. The van der Waals surface area contributed by atoms with Crippen molar-refractivity contribution in [3.63, 3.8) is 0 Å². The van der Waals surface area contributed by atoms with Gasteiger partial charge in [-0.15, -0.1) is 0 Å². The summed E-state index contributed by atoms with van der Waals surface area (Å²) in [5.74, 6) is 6.91. The van der Waals surface area contributed by atoms with Crippen molar-refractivity contribution in [3.05, 3.63) is 42.0 Å². The summed E-state index contributed by atoms with van der Waals surface area (Å²) in [6, 6.07) is 7.93. The number of aliphatic imine (C=N–C) groups is 1. The van der Waals surface area contributed by atoms with E-state index in [1.54, 1.807) is 7.11 Å². The van der Waals surface area contributed by atoms with Crippen LogP contribution in [-0.2, 0) is 5.41 Å². The van der Waals surface area contributed by atoms with Gasteiger partial charge in [-0.3, -0.25) is 4.99 Å². The molecule has 0 saturated heterocycles. The van der Waals surface area contributed by atoms with Crippen LogP contribution >= 0.6 is 0 Å². The van der Waals surface area contributed by atoms with E-state index in [0.29, 0.717) is 0 Å². The minimum Gasteiger partial charge on any atom is -0.497 e. The van der Waals surface area contributed by atoms with Crippen LogP contribution in [0.4, 0.5) is 0 Å². The highest BCUT2D eigenvalue weighted by molar-refractivity contribution is 5.76. The summed E-state index contributed by atoms with van der Waals surface area (Å²) in [6.45, 7) is 4.03. The fraction of sp³-hybridized carbons (Fsp3) is 0.389. The van der Waals surface area contributed by atoms with Crippen LogP contribution < -0.4 is 4.74 Å². The topological polar surface area (TPSA) is 41.8 Å². The third-order valence-corrected chi connectivity index (χ3v) is 4.21. The summed E-state index contributed by atoms with van der Waals surface area (Å²) in [4.78, 5) is 4.63. The molecule has 110 valence electrons. The van der Waals surface area contributed by atoms with Crippen molar-refractivity contribution >= 4 is 6.21 Å². The van der Waals surface area contributed by atoms with Crippen molar-refractivity contribution in [2.24, 2.45) is 4.99 Å². The summed E-state index contributed by atoms with van der Waals surface area (Å²) < 4.78 is 5.23. The Bertz CT molecular complexity index is 592. The predicted octanol–water partition coefficient (Wildman–Crippen LogP) is 2.74. The van der Waals surface area contributed by atoms with E-state index in [1.165, 1.54) is 0 Å². The van der Waals surface area contributed by atoms with E-state index < -0.39 is 11.0 Å². The number of nitrogens with zero attached hydrogens (tertiary/aromatic N) is 1. The number of benzene rings is 1. The number of hydrogen-bond donors (Lipinski definition) is 1. The Morgan fingerprint density at radius 3 is 2.52 bits per heavy atom. The second-order valence-corrected chi connectivity index (χ2v) is 5.23. The Labute approximate surface area is 126 Å². The zero-order valence-electron chi connectivity index (χ0n) is 12.8. The Morgan fingerprint density at radius 1 is 1.33 bits per heavy atom. The second kappa shape index (κ2) is 6.15. The third kappa shape index (κ3) is 2.59. The highest BCUT2D eigenvalue weighted by atomic mass is 16.5. The quantitative estimate of drug-likeness (QED) is 0.863. The summed E-state index contributed by atoms with van der Waals surface area (Å²) in [5.41, 5.74) is 0.183. The van der Waals surface area contributed by atoms with Crippen LogP contribution in [0.15, 0.2) is 41.4 Å². The van der Waals surface area contributed by atoms with Crippen molar-refractivity contribution in [2.75, 3.05) is 13.7 Å². The van der Waals surface area contributed by atoms with Gasteiger partial charge in [-0.25, -0.2) is 0 Å². The molecule has 2 rings (SSSR count). The predicted molar refractivity (Wildman–Crippen MR) is 85.9 cm³/mol. The molecule has 0 radical (unpaired) electrons. The molecule has 0 amide bonds. The van der Waals surface area contributed by atoms with Crippen LogP contribution in [-0.4, -0.2) is 30.6 Å². The van der Waals surface area contributed by atoms with Crippen LogP contribution in [0.25, 0.3) is 0 Å². The molecule has 2 atom stereocenters. The molecule has 1 aromatic rings. The van der Waals surface area contributed by atoms with E-state index >= 15 is 0 Å². The maximum Gasteiger partial charge on any atom is 0.118 e. The number of aliphatic hydroxyl groups excluding tert-OH is 1. The summed E-state index contributed by atoms with van der Waals surface area (Å²) in [5, 5.41) is 9.13. The zero-order valence-corrected chi connectivity index (χ0v) is 12.8. The number of allylic oxidation sites excluding steroid dienone is 1. The summed E-state index contributed by atoms with van der Waals surface area (Å²) in [7, 11) is 1.65. The molecule has 21 heavy (non-hydrogen) atoms. The van der Waals surface area contributed by atoms with Crippen molar-refractivity contribution in [1.82, 2.24) is 0 Å². The molecule has 1 aliphatic rings. The van der Waals surface area contributed by atoms with Gasteiger partial charge < -0.3 is 9.84 Å². The van der Waals surface area contributed by atoms with E-state index in [9.17, 15) is 0 Å². The highest BCUT2D eigenvalue weighted by Gasteiger charge is 2.46. The average Bonchev–Trinajstić information content (AvgIpc) is 2.97. The normalized spacial score (nSPS) is 22.5. The molecule has 0 spiro atoms. The van der Waals surface area contributed by atoms with Gasteiger partial charge in [-0.1, -0.05) is 37.0 Å². The first-order valence-electron chi connectivity index (χ1n) is 7.10. The van der Waals surface area contributed by atoms with Crippen LogP contribution in [0, 0.1) is 11.8 Å². The molecular weight excluding hydrogens is 262 g/mol. The Morgan fingerprint density at radius 2 is 2.05 bits per heavy atom. The molecule has 0 bridgehead atoms. The first-order valence-corrected chi connectivity index (χ1v) is 7.10. The fourth-order valence-corrected chi connectivity index (χ4v) is 2.93. The molecule has 1 N–H and O–H groups in total. The van der Waals surface area contributed by atoms with E-state index in [0.717, 1.165) is 17.7 Å². The largest absolute Gasteiger partial charge is 0.497 e. The summed E-state index contributed by atoms with van der Waals surface area (Å²) >= 11 is 0. The van der Waals surface area contributed by atoms with Gasteiger partial charge in [0.1, 0.15) is 12.4 Å². The number of aliphatic hydroxyl groups is 1. The number of methoxy groups -OCH3 is 1. The molecule has 0 aromatic heterocycles. The average molecular weight is 283 g/mol. The molecule has 1 aromatic carbocycles. The Balaban J connectivity index is 2.58. The van der Waals surface area contributed by atoms with Gasteiger partial charge in [-0.2, -0.15) is 0 Å². The van der Waals surface area contributed by atoms with Crippen LogP contribution in [0.2, 0.25) is 0 Å². The molecule has 3 nitrogen and oxygen atoms in total. The van der Waals surface area contributed by atoms with E-state index in [-0.39, 0.29) is 6.61 Å². The number of ether oxygens (including phenoxy) is 1. The molecule has 0 saturated carbocycles. The van der Waals surface area contributed by atoms with Gasteiger partial charge >= 0.3 is 0 Å². The van der Waals surface area contributed by atoms with Crippen LogP contribution in [0.3, 0.4) is 0 Å². The lowest BCUT2D eigenvalue weighted by Crippen LogP contribution is -2.45. The van der Waals surface area contributed by atoms with Crippen molar-refractivity contribution in [1.29, 1.82) is 0 Å². The lowest BCUT2D eigenvalue weighted by molar-refractivity contribution is 0.345. The molecule has 0 fully saturated rings. The molecular formula is C18H21NO2. The van der Waals surface area contributed by atoms with Gasteiger partial charge in [-0.05, 0) is 37.1 Å². The fourth-order valence-electron chi connectivity index (χ4n) is 2.93. The second-order valence-electron chi connectivity index (χ2n) is 5.23.